The molecule has 2 aromatic heterocycles. The SMILES string of the molecule is CC(=O)N(C)c1ccc(NC(=O)Nc2cnn(C3CCCC3)c2)cn1. The summed E-state index contributed by atoms with van der Waals surface area (Å²) in [5.41, 5.74) is 1.20. The molecular weight excluding hydrogens is 320 g/mol. The highest BCUT2D eigenvalue weighted by Crippen LogP contribution is 2.29. The van der Waals surface area contributed by atoms with Crippen LogP contribution in [0.5, 0.6) is 0 Å². The third-order valence-corrected chi connectivity index (χ3v) is 4.38. The van der Waals surface area contributed by atoms with Crippen LogP contribution in [0.25, 0.3) is 0 Å². The fraction of sp³-hybridized carbons (Fsp3) is 0.412. The van der Waals surface area contributed by atoms with Crippen molar-refractivity contribution in [3.63, 3.8) is 0 Å². The van der Waals surface area contributed by atoms with Gasteiger partial charge in [0.1, 0.15) is 5.82 Å². The minimum absolute atomic E-state index is 0.106. The minimum atomic E-state index is -0.361. The molecule has 132 valence electrons. The Morgan fingerprint density at radius 1 is 1.16 bits per heavy atom. The van der Waals surface area contributed by atoms with E-state index < -0.39 is 0 Å². The minimum Gasteiger partial charge on any atom is -0.306 e. The molecule has 25 heavy (non-hydrogen) atoms. The first-order chi connectivity index (χ1) is 12.0. The van der Waals surface area contributed by atoms with Crippen molar-refractivity contribution < 1.29 is 9.59 Å². The molecule has 0 radical (unpaired) electrons. The van der Waals surface area contributed by atoms with Crippen LogP contribution in [0.4, 0.5) is 22.0 Å². The van der Waals surface area contributed by atoms with Gasteiger partial charge in [0.15, 0.2) is 0 Å². The van der Waals surface area contributed by atoms with E-state index in [2.05, 4.69) is 20.7 Å². The Balaban J connectivity index is 1.56. The summed E-state index contributed by atoms with van der Waals surface area (Å²) in [5, 5.41) is 9.81. The van der Waals surface area contributed by atoms with Gasteiger partial charge in [0.05, 0.1) is 29.8 Å². The fourth-order valence-electron chi connectivity index (χ4n) is 2.88. The van der Waals surface area contributed by atoms with E-state index in [4.69, 9.17) is 0 Å². The van der Waals surface area contributed by atoms with Crippen LogP contribution < -0.4 is 15.5 Å². The van der Waals surface area contributed by atoms with Crippen molar-refractivity contribution in [3.8, 4) is 0 Å². The van der Waals surface area contributed by atoms with Crippen LogP contribution in [0.2, 0.25) is 0 Å². The van der Waals surface area contributed by atoms with E-state index in [9.17, 15) is 9.59 Å². The average molecular weight is 342 g/mol. The molecule has 1 aliphatic carbocycles. The number of urea groups is 1. The van der Waals surface area contributed by atoms with Crippen molar-refractivity contribution in [2.45, 2.75) is 38.6 Å². The second-order valence-corrected chi connectivity index (χ2v) is 6.21. The number of rotatable bonds is 4. The van der Waals surface area contributed by atoms with E-state index in [1.54, 1.807) is 25.4 Å². The van der Waals surface area contributed by atoms with Gasteiger partial charge in [-0.3, -0.25) is 9.48 Å². The van der Waals surface area contributed by atoms with Crippen molar-refractivity contribution in [2.24, 2.45) is 0 Å². The van der Waals surface area contributed by atoms with Gasteiger partial charge < -0.3 is 15.5 Å². The maximum absolute atomic E-state index is 12.1. The van der Waals surface area contributed by atoms with Gasteiger partial charge in [-0.05, 0) is 25.0 Å². The molecule has 0 aromatic carbocycles. The summed E-state index contributed by atoms with van der Waals surface area (Å²) >= 11 is 0. The molecule has 0 spiro atoms. The predicted molar refractivity (Wildman–Crippen MR) is 95.7 cm³/mol. The molecule has 0 aliphatic heterocycles. The van der Waals surface area contributed by atoms with Crippen LogP contribution in [-0.2, 0) is 4.79 Å². The van der Waals surface area contributed by atoms with Gasteiger partial charge in [-0.2, -0.15) is 5.10 Å². The monoisotopic (exact) mass is 342 g/mol. The molecule has 8 nitrogen and oxygen atoms in total. The lowest BCUT2D eigenvalue weighted by atomic mass is 10.3. The van der Waals surface area contributed by atoms with Gasteiger partial charge in [0.25, 0.3) is 0 Å². The van der Waals surface area contributed by atoms with Crippen molar-refractivity contribution >= 4 is 29.1 Å². The Bertz CT molecular complexity index is 749. The van der Waals surface area contributed by atoms with E-state index in [-0.39, 0.29) is 11.9 Å². The Kier molecular flexibility index (Phi) is 4.97. The Morgan fingerprint density at radius 2 is 1.88 bits per heavy atom. The number of carbonyl (C=O) groups is 2. The number of pyridine rings is 1. The number of anilines is 3. The maximum Gasteiger partial charge on any atom is 0.323 e. The van der Waals surface area contributed by atoms with Crippen LogP contribution in [-0.4, -0.2) is 33.8 Å². The second kappa shape index (κ2) is 7.33. The molecule has 2 aromatic rings. The molecule has 3 rings (SSSR count). The Labute approximate surface area is 146 Å². The highest BCUT2D eigenvalue weighted by atomic mass is 16.2. The molecule has 8 heteroatoms. The molecule has 1 aliphatic rings. The summed E-state index contributed by atoms with van der Waals surface area (Å²) in [6, 6.07) is 3.45. The lowest BCUT2D eigenvalue weighted by Crippen LogP contribution is -2.24. The summed E-state index contributed by atoms with van der Waals surface area (Å²) in [7, 11) is 1.65. The fourth-order valence-corrected chi connectivity index (χ4v) is 2.88. The van der Waals surface area contributed by atoms with Gasteiger partial charge in [0, 0.05) is 20.2 Å². The van der Waals surface area contributed by atoms with Gasteiger partial charge in [-0.15, -0.1) is 0 Å². The molecule has 2 N–H and O–H groups in total. The van der Waals surface area contributed by atoms with Crippen LogP contribution >= 0.6 is 0 Å². The molecule has 1 saturated carbocycles. The zero-order valence-corrected chi connectivity index (χ0v) is 14.4. The summed E-state index contributed by atoms with van der Waals surface area (Å²) in [4.78, 5) is 29.0. The molecular formula is C17H22N6O2. The number of aromatic nitrogens is 3. The Hall–Kier alpha value is -2.90. The van der Waals surface area contributed by atoms with Crippen LogP contribution in [0.1, 0.15) is 38.6 Å². The third-order valence-electron chi connectivity index (χ3n) is 4.38. The zero-order chi connectivity index (χ0) is 17.8. The summed E-state index contributed by atoms with van der Waals surface area (Å²) < 4.78 is 1.93. The molecule has 0 unspecified atom stereocenters. The predicted octanol–water partition coefficient (Wildman–Crippen LogP) is 3.02. The van der Waals surface area contributed by atoms with Crippen molar-refractivity contribution in [2.75, 3.05) is 22.6 Å². The van der Waals surface area contributed by atoms with Crippen molar-refractivity contribution in [3.05, 3.63) is 30.7 Å². The number of carbonyl (C=O) groups excluding carboxylic acids is 2. The molecule has 3 amide bonds. The number of hydrogen-bond donors (Lipinski definition) is 2. The Morgan fingerprint density at radius 3 is 2.52 bits per heavy atom. The molecule has 0 atom stereocenters. The van der Waals surface area contributed by atoms with E-state index >= 15 is 0 Å². The van der Waals surface area contributed by atoms with E-state index in [1.807, 2.05) is 10.9 Å². The van der Waals surface area contributed by atoms with Crippen molar-refractivity contribution in [1.29, 1.82) is 0 Å². The highest BCUT2D eigenvalue weighted by molar-refractivity contribution is 5.99. The van der Waals surface area contributed by atoms with Gasteiger partial charge in [-0.25, -0.2) is 9.78 Å². The number of amides is 3. The molecule has 0 saturated heterocycles. The number of nitrogens with zero attached hydrogens (tertiary/aromatic N) is 4. The number of hydrogen-bond acceptors (Lipinski definition) is 4. The van der Waals surface area contributed by atoms with Gasteiger partial charge in [-0.1, -0.05) is 12.8 Å². The largest absolute Gasteiger partial charge is 0.323 e. The first kappa shape index (κ1) is 16.9. The quantitative estimate of drug-likeness (QED) is 0.893. The molecule has 1 fully saturated rings. The van der Waals surface area contributed by atoms with Crippen LogP contribution in [0.15, 0.2) is 30.7 Å². The number of nitrogens with one attached hydrogen (secondary N) is 2. The van der Waals surface area contributed by atoms with Crippen LogP contribution in [0.3, 0.4) is 0 Å². The highest BCUT2D eigenvalue weighted by Gasteiger charge is 2.18. The zero-order valence-electron chi connectivity index (χ0n) is 14.4. The van der Waals surface area contributed by atoms with E-state index in [0.29, 0.717) is 23.2 Å². The van der Waals surface area contributed by atoms with Gasteiger partial charge >= 0.3 is 6.03 Å². The van der Waals surface area contributed by atoms with Crippen LogP contribution in [0, 0.1) is 0 Å². The van der Waals surface area contributed by atoms with E-state index in [1.165, 1.54) is 30.9 Å². The lowest BCUT2D eigenvalue weighted by molar-refractivity contribution is -0.116. The smallest absolute Gasteiger partial charge is 0.306 e. The molecule has 0 bridgehead atoms. The second-order valence-electron chi connectivity index (χ2n) is 6.21. The van der Waals surface area contributed by atoms with Crippen molar-refractivity contribution in [1.82, 2.24) is 14.8 Å². The average Bonchev–Trinajstić information content (AvgIpc) is 3.26. The summed E-state index contributed by atoms with van der Waals surface area (Å²) in [6.07, 6.45) is 9.77. The first-order valence-electron chi connectivity index (χ1n) is 8.35. The third kappa shape index (κ3) is 4.14. The lowest BCUT2D eigenvalue weighted by Gasteiger charge is -2.14. The standard InChI is InChI=1S/C17H22N6O2/c1-12(24)22(2)16-8-7-13(9-18-16)20-17(25)21-14-10-19-23(11-14)15-5-3-4-6-15/h7-11,15H,3-6H2,1-2H3,(H2,20,21,25). The summed E-state index contributed by atoms with van der Waals surface area (Å²) in [5.74, 6) is 0.418. The first-order valence-corrected chi connectivity index (χ1v) is 8.35. The van der Waals surface area contributed by atoms with Gasteiger partial charge in [0.2, 0.25) is 5.91 Å². The topological polar surface area (TPSA) is 92.2 Å². The van der Waals surface area contributed by atoms with E-state index in [0.717, 1.165) is 12.8 Å². The maximum atomic E-state index is 12.1. The summed E-state index contributed by atoms with van der Waals surface area (Å²) in [6.45, 7) is 1.47. The normalized spacial score (nSPS) is 14.3. The molecule has 2 heterocycles.